The van der Waals surface area contributed by atoms with Gasteiger partial charge in [-0.1, -0.05) is 6.07 Å². The standard InChI is InChI=1S/C15H15FN2O2/c1-10-3-2-4-13(18-10)9-17-8-12-7-11(15(19)20)5-6-14(12)16/h2-7,17H,8-9H2,1H3,(H,19,20). The van der Waals surface area contributed by atoms with Gasteiger partial charge in [0.15, 0.2) is 0 Å². The molecule has 5 heteroatoms. The number of pyridine rings is 1. The van der Waals surface area contributed by atoms with Gasteiger partial charge >= 0.3 is 5.97 Å². The molecular weight excluding hydrogens is 259 g/mol. The topological polar surface area (TPSA) is 62.2 Å². The van der Waals surface area contributed by atoms with Gasteiger partial charge in [0.1, 0.15) is 5.82 Å². The first-order chi connectivity index (χ1) is 9.56. The fourth-order valence-electron chi connectivity index (χ4n) is 1.87. The third-order valence-electron chi connectivity index (χ3n) is 2.86. The van der Waals surface area contributed by atoms with Crippen LogP contribution in [0.25, 0.3) is 0 Å². The maximum absolute atomic E-state index is 13.6. The van der Waals surface area contributed by atoms with Crippen molar-refractivity contribution in [2.75, 3.05) is 0 Å². The van der Waals surface area contributed by atoms with Crippen molar-refractivity contribution in [3.63, 3.8) is 0 Å². The number of carboxylic acid groups (broad SMARTS) is 1. The summed E-state index contributed by atoms with van der Waals surface area (Å²) < 4.78 is 13.6. The molecule has 1 aromatic carbocycles. The molecule has 0 amide bonds. The highest BCUT2D eigenvalue weighted by Gasteiger charge is 2.08. The minimum Gasteiger partial charge on any atom is -0.478 e. The summed E-state index contributed by atoms with van der Waals surface area (Å²) in [6.45, 7) is 2.65. The van der Waals surface area contributed by atoms with Gasteiger partial charge in [-0.05, 0) is 37.3 Å². The molecule has 0 spiro atoms. The van der Waals surface area contributed by atoms with Crippen LogP contribution < -0.4 is 5.32 Å². The van der Waals surface area contributed by atoms with Gasteiger partial charge in [0.2, 0.25) is 0 Å². The quantitative estimate of drug-likeness (QED) is 0.879. The van der Waals surface area contributed by atoms with E-state index < -0.39 is 11.8 Å². The van der Waals surface area contributed by atoms with Crippen LogP contribution in [-0.4, -0.2) is 16.1 Å². The highest BCUT2D eigenvalue weighted by atomic mass is 19.1. The smallest absolute Gasteiger partial charge is 0.335 e. The van der Waals surface area contributed by atoms with Crippen molar-refractivity contribution < 1.29 is 14.3 Å². The van der Waals surface area contributed by atoms with E-state index in [-0.39, 0.29) is 12.1 Å². The lowest BCUT2D eigenvalue weighted by Crippen LogP contribution is -2.15. The first-order valence-corrected chi connectivity index (χ1v) is 6.21. The summed E-state index contributed by atoms with van der Waals surface area (Å²) in [6.07, 6.45) is 0. The molecule has 104 valence electrons. The summed E-state index contributed by atoms with van der Waals surface area (Å²) >= 11 is 0. The molecular formula is C15H15FN2O2. The van der Waals surface area contributed by atoms with Gasteiger partial charge in [-0.25, -0.2) is 9.18 Å². The van der Waals surface area contributed by atoms with Crippen molar-refractivity contribution in [3.05, 3.63) is 64.7 Å². The third kappa shape index (κ3) is 3.61. The molecule has 0 saturated carbocycles. The van der Waals surface area contributed by atoms with Crippen molar-refractivity contribution in [1.29, 1.82) is 0 Å². The van der Waals surface area contributed by atoms with E-state index in [4.69, 9.17) is 5.11 Å². The molecule has 1 heterocycles. The van der Waals surface area contributed by atoms with E-state index in [0.717, 1.165) is 11.4 Å². The Bertz CT molecular complexity index is 629. The van der Waals surface area contributed by atoms with Gasteiger partial charge in [0.25, 0.3) is 0 Å². The van der Waals surface area contributed by atoms with E-state index in [1.807, 2.05) is 25.1 Å². The van der Waals surface area contributed by atoms with Gasteiger partial charge in [-0.3, -0.25) is 4.98 Å². The van der Waals surface area contributed by atoms with Crippen molar-refractivity contribution in [3.8, 4) is 0 Å². The predicted molar refractivity (Wildman–Crippen MR) is 72.9 cm³/mol. The summed E-state index contributed by atoms with van der Waals surface area (Å²) in [5, 5.41) is 11.9. The molecule has 0 saturated heterocycles. The Morgan fingerprint density at radius 2 is 2.10 bits per heavy atom. The molecule has 1 aromatic heterocycles. The Hall–Kier alpha value is -2.27. The van der Waals surface area contributed by atoms with Gasteiger partial charge in [-0.2, -0.15) is 0 Å². The second-order valence-electron chi connectivity index (χ2n) is 4.49. The summed E-state index contributed by atoms with van der Waals surface area (Å²) in [4.78, 5) is 15.2. The van der Waals surface area contributed by atoms with E-state index in [0.29, 0.717) is 12.1 Å². The number of aromatic nitrogens is 1. The normalized spacial score (nSPS) is 10.5. The number of carboxylic acids is 1. The van der Waals surface area contributed by atoms with Gasteiger partial charge in [-0.15, -0.1) is 0 Å². The van der Waals surface area contributed by atoms with E-state index >= 15 is 0 Å². The van der Waals surface area contributed by atoms with Gasteiger partial charge < -0.3 is 10.4 Å². The number of benzene rings is 1. The number of nitrogens with one attached hydrogen (secondary N) is 1. The highest BCUT2D eigenvalue weighted by Crippen LogP contribution is 2.11. The number of aryl methyl sites for hydroxylation is 1. The number of rotatable bonds is 5. The maximum atomic E-state index is 13.6. The number of hydrogen-bond acceptors (Lipinski definition) is 3. The molecule has 2 rings (SSSR count). The second-order valence-corrected chi connectivity index (χ2v) is 4.49. The minimum absolute atomic E-state index is 0.0804. The molecule has 0 aliphatic heterocycles. The van der Waals surface area contributed by atoms with Crippen molar-refractivity contribution in [2.45, 2.75) is 20.0 Å². The Kier molecular flexibility index (Phi) is 4.42. The van der Waals surface area contributed by atoms with E-state index in [9.17, 15) is 9.18 Å². The van der Waals surface area contributed by atoms with Crippen LogP contribution in [0, 0.1) is 12.7 Å². The Morgan fingerprint density at radius 3 is 2.80 bits per heavy atom. The molecule has 2 N–H and O–H groups in total. The first-order valence-electron chi connectivity index (χ1n) is 6.21. The van der Waals surface area contributed by atoms with E-state index in [1.165, 1.54) is 18.2 Å². The maximum Gasteiger partial charge on any atom is 0.335 e. The predicted octanol–water partition coefficient (Wildman–Crippen LogP) is 2.52. The van der Waals surface area contributed by atoms with E-state index in [1.54, 1.807) is 0 Å². The number of halogens is 1. The first kappa shape index (κ1) is 14.1. The molecule has 0 atom stereocenters. The molecule has 20 heavy (non-hydrogen) atoms. The average Bonchev–Trinajstić information content (AvgIpc) is 2.40. The minimum atomic E-state index is -1.06. The van der Waals surface area contributed by atoms with Crippen molar-refractivity contribution in [1.82, 2.24) is 10.3 Å². The summed E-state index contributed by atoms with van der Waals surface area (Å²) in [7, 11) is 0. The fraction of sp³-hybridized carbons (Fsp3) is 0.200. The van der Waals surface area contributed by atoms with Gasteiger partial charge in [0.05, 0.1) is 11.3 Å². The monoisotopic (exact) mass is 274 g/mol. The lowest BCUT2D eigenvalue weighted by Gasteiger charge is -2.07. The van der Waals surface area contributed by atoms with Crippen LogP contribution in [0.2, 0.25) is 0 Å². The lowest BCUT2D eigenvalue weighted by atomic mass is 10.1. The second kappa shape index (κ2) is 6.25. The third-order valence-corrected chi connectivity index (χ3v) is 2.86. The highest BCUT2D eigenvalue weighted by molar-refractivity contribution is 5.87. The van der Waals surface area contributed by atoms with Crippen LogP contribution in [0.4, 0.5) is 4.39 Å². The number of aromatic carboxylic acids is 1. The molecule has 0 aliphatic carbocycles. The number of hydrogen-bond donors (Lipinski definition) is 2. The molecule has 2 aromatic rings. The summed E-state index contributed by atoms with van der Waals surface area (Å²) in [5.74, 6) is -1.48. The van der Waals surface area contributed by atoms with Gasteiger partial charge in [0, 0.05) is 24.3 Å². The Morgan fingerprint density at radius 1 is 1.30 bits per heavy atom. The zero-order chi connectivity index (χ0) is 14.5. The van der Waals surface area contributed by atoms with Crippen LogP contribution in [0.3, 0.4) is 0 Å². The molecule has 0 radical (unpaired) electrons. The molecule has 0 bridgehead atoms. The zero-order valence-corrected chi connectivity index (χ0v) is 11.1. The van der Waals surface area contributed by atoms with Crippen LogP contribution in [-0.2, 0) is 13.1 Å². The van der Waals surface area contributed by atoms with E-state index in [2.05, 4.69) is 10.3 Å². The van der Waals surface area contributed by atoms with Crippen LogP contribution >= 0.6 is 0 Å². The largest absolute Gasteiger partial charge is 0.478 e. The zero-order valence-electron chi connectivity index (χ0n) is 11.1. The molecule has 0 aliphatic rings. The number of carbonyl (C=O) groups is 1. The van der Waals surface area contributed by atoms with Crippen LogP contribution in [0.15, 0.2) is 36.4 Å². The summed E-state index contributed by atoms with van der Waals surface area (Å²) in [6, 6.07) is 9.46. The SMILES string of the molecule is Cc1cccc(CNCc2cc(C(=O)O)ccc2F)n1. The lowest BCUT2D eigenvalue weighted by molar-refractivity contribution is 0.0696. The molecule has 0 fully saturated rings. The Balaban J connectivity index is 2.00. The molecule has 0 unspecified atom stereocenters. The average molecular weight is 274 g/mol. The summed E-state index contributed by atoms with van der Waals surface area (Å²) in [5.41, 5.74) is 2.19. The van der Waals surface area contributed by atoms with Crippen molar-refractivity contribution >= 4 is 5.97 Å². The van der Waals surface area contributed by atoms with Crippen molar-refractivity contribution in [2.24, 2.45) is 0 Å². The molecule has 4 nitrogen and oxygen atoms in total. The van der Waals surface area contributed by atoms with Crippen LogP contribution in [0.1, 0.15) is 27.3 Å². The fourth-order valence-corrected chi connectivity index (χ4v) is 1.87. The van der Waals surface area contributed by atoms with Crippen LogP contribution in [0.5, 0.6) is 0 Å². The number of nitrogens with zero attached hydrogens (tertiary/aromatic N) is 1. The Labute approximate surface area is 116 Å².